The van der Waals surface area contributed by atoms with Gasteiger partial charge in [0.2, 0.25) is 4.79 Å². The average molecular weight is 508 g/mol. The van der Waals surface area contributed by atoms with E-state index >= 15 is 0 Å². The predicted molar refractivity (Wildman–Crippen MR) is 143 cm³/mol. The van der Waals surface area contributed by atoms with Crippen molar-refractivity contribution in [3.63, 3.8) is 0 Å². The summed E-state index contributed by atoms with van der Waals surface area (Å²) >= 11 is 0. The van der Waals surface area contributed by atoms with E-state index in [1.165, 1.54) is 0 Å². The number of carbonyl (C=O) groups is 2. The Kier molecular flexibility index (Phi) is 7.75. The molecule has 0 spiro atoms. The number of aliphatic hydroxyl groups is 2. The molecule has 1 fully saturated rings. The molecule has 0 aliphatic heterocycles. The SMILES string of the molecule is O=C(ON[C@@H](CO)[C@@H](O)c1ccccc1)c1ccc(C(=[O+])C2[C@@H](c3ccccc3)[C@H]2c2ccccc2)cc1. The van der Waals surface area contributed by atoms with Gasteiger partial charge in [0, 0.05) is 11.8 Å². The van der Waals surface area contributed by atoms with Crippen molar-refractivity contribution >= 4 is 11.8 Å². The van der Waals surface area contributed by atoms with Crippen LogP contribution in [0, 0.1) is 5.92 Å². The Morgan fingerprint density at radius 3 is 1.74 bits per heavy atom. The van der Waals surface area contributed by atoms with Crippen LogP contribution in [0.15, 0.2) is 115 Å². The number of Topliss-reactive ketones (excluding diaryl/α,β-unsaturated/α-hetero) is 1. The molecule has 3 N–H and O–H groups in total. The maximum Gasteiger partial charge on any atom is 0.478 e. The minimum Gasteiger partial charge on any atom is -0.395 e. The van der Waals surface area contributed by atoms with Gasteiger partial charge in [-0.3, -0.25) is 0 Å². The first-order chi connectivity index (χ1) is 18.6. The standard InChI is InChI=1S/C32H29NO5/c34-20-26(30(35)23-14-8-3-9-15-23)33-38-32(37)25-18-16-24(17-19-25)31(36)29-27(21-10-4-1-5-11-21)28(29)22-12-6-2-7-13-22/h1-19,26-30,33-35H,20H2/q+1/t26-,27-,28+,29?,30-/m0/s1. The van der Waals surface area contributed by atoms with Crippen LogP contribution in [0.4, 0.5) is 0 Å². The molecule has 0 aromatic heterocycles. The van der Waals surface area contributed by atoms with Gasteiger partial charge >= 0.3 is 11.8 Å². The van der Waals surface area contributed by atoms with Crippen molar-refractivity contribution in [3.05, 3.63) is 143 Å². The highest BCUT2D eigenvalue weighted by Gasteiger charge is 2.61. The number of aliphatic hydroxyl groups excluding tert-OH is 2. The van der Waals surface area contributed by atoms with Crippen LogP contribution in [-0.2, 0) is 4.84 Å². The lowest BCUT2D eigenvalue weighted by Gasteiger charge is -2.21. The fraction of sp³-hybridized carbons (Fsp3) is 0.188. The zero-order valence-electron chi connectivity index (χ0n) is 20.7. The number of hydroxylamine groups is 1. The maximum atomic E-state index is 13.5. The lowest BCUT2D eigenvalue weighted by molar-refractivity contribution is -0.0203. The van der Waals surface area contributed by atoms with Gasteiger partial charge in [0.1, 0.15) is 5.92 Å². The molecule has 0 amide bonds. The van der Waals surface area contributed by atoms with Crippen LogP contribution in [-0.4, -0.2) is 34.6 Å². The third-order valence-corrected chi connectivity index (χ3v) is 7.12. The Balaban J connectivity index is 1.25. The molecule has 4 aromatic carbocycles. The zero-order valence-corrected chi connectivity index (χ0v) is 20.7. The van der Waals surface area contributed by atoms with Crippen LogP contribution < -0.4 is 5.48 Å². The van der Waals surface area contributed by atoms with Gasteiger partial charge in [-0.2, -0.15) is 0 Å². The number of rotatable bonds is 10. The summed E-state index contributed by atoms with van der Waals surface area (Å²) < 4.78 is 0. The first kappa shape index (κ1) is 25.5. The number of carbonyl (C=O) groups excluding carboxylic acids is 2. The monoisotopic (exact) mass is 507 g/mol. The molecule has 0 bridgehead atoms. The summed E-state index contributed by atoms with van der Waals surface area (Å²) in [7, 11) is 0. The van der Waals surface area contributed by atoms with E-state index in [1.807, 2.05) is 42.5 Å². The molecule has 0 saturated heterocycles. The Bertz CT molecular complexity index is 1310. The summed E-state index contributed by atoms with van der Waals surface area (Å²) in [6, 6.07) is 34.5. The van der Waals surface area contributed by atoms with Crippen molar-refractivity contribution < 1.29 is 24.6 Å². The van der Waals surface area contributed by atoms with Crippen molar-refractivity contribution in [1.82, 2.24) is 5.48 Å². The van der Waals surface area contributed by atoms with Gasteiger partial charge in [-0.15, -0.1) is 5.48 Å². The van der Waals surface area contributed by atoms with Gasteiger partial charge in [0.25, 0.3) is 0 Å². The minimum atomic E-state index is -1.07. The summed E-state index contributed by atoms with van der Waals surface area (Å²) in [5, 5.41) is 20.1. The quantitative estimate of drug-likeness (QED) is 0.162. The highest BCUT2D eigenvalue weighted by molar-refractivity contribution is 6.02. The molecule has 5 atom stereocenters. The van der Waals surface area contributed by atoms with E-state index in [0.717, 1.165) is 11.1 Å². The van der Waals surface area contributed by atoms with E-state index in [0.29, 0.717) is 11.1 Å². The number of benzene rings is 4. The highest BCUT2D eigenvalue weighted by atomic mass is 16.7. The van der Waals surface area contributed by atoms with Crippen LogP contribution in [0.3, 0.4) is 0 Å². The van der Waals surface area contributed by atoms with Crippen molar-refractivity contribution in [1.29, 1.82) is 0 Å². The summed E-state index contributed by atoms with van der Waals surface area (Å²) in [6.07, 6.45) is -1.07. The van der Waals surface area contributed by atoms with E-state index in [2.05, 4.69) is 29.7 Å². The smallest absolute Gasteiger partial charge is 0.395 e. The lowest BCUT2D eigenvalue weighted by Crippen LogP contribution is -2.39. The molecule has 6 heteroatoms. The second-order valence-electron chi connectivity index (χ2n) is 9.49. The topological polar surface area (TPSA) is 98.7 Å². The number of hydrogen-bond donors (Lipinski definition) is 3. The molecular formula is C32H29NO5+. The number of nitrogens with one attached hydrogen (secondary N) is 1. The van der Waals surface area contributed by atoms with E-state index in [1.54, 1.807) is 48.5 Å². The van der Waals surface area contributed by atoms with Gasteiger partial charge in [-0.25, -0.2) is 4.79 Å². The second kappa shape index (κ2) is 11.5. The van der Waals surface area contributed by atoms with Crippen LogP contribution in [0.5, 0.6) is 0 Å². The molecule has 4 aromatic rings. The molecule has 0 heterocycles. The maximum absolute atomic E-state index is 13.5. The third kappa shape index (κ3) is 5.43. The van der Waals surface area contributed by atoms with Crippen LogP contribution in [0.2, 0.25) is 0 Å². The van der Waals surface area contributed by atoms with E-state index in [9.17, 15) is 19.8 Å². The van der Waals surface area contributed by atoms with E-state index in [-0.39, 0.29) is 29.1 Å². The van der Waals surface area contributed by atoms with E-state index < -0.39 is 24.7 Å². The Morgan fingerprint density at radius 2 is 1.24 bits per heavy atom. The minimum absolute atomic E-state index is 0.0390. The Hall–Kier alpha value is -4.10. The van der Waals surface area contributed by atoms with Gasteiger partial charge in [-0.1, -0.05) is 91.0 Å². The highest BCUT2D eigenvalue weighted by Crippen LogP contribution is 2.61. The molecule has 1 unspecified atom stereocenters. The molecular weight excluding hydrogens is 478 g/mol. The number of hydrogen-bond acceptors (Lipinski definition) is 6. The van der Waals surface area contributed by atoms with Crippen LogP contribution in [0.1, 0.15) is 55.3 Å². The first-order valence-corrected chi connectivity index (χ1v) is 12.6. The second-order valence-corrected chi connectivity index (χ2v) is 9.49. The van der Waals surface area contributed by atoms with Gasteiger partial charge in [0.15, 0.2) is 0 Å². The molecule has 1 aliphatic carbocycles. The number of ketones is 1. The van der Waals surface area contributed by atoms with Gasteiger partial charge in [0.05, 0.1) is 29.9 Å². The molecule has 191 valence electrons. The van der Waals surface area contributed by atoms with Crippen molar-refractivity contribution in [2.45, 2.75) is 24.0 Å². The average Bonchev–Trinajstić information content (AvgIpc) is 3.74. The lowest BCUT2D eigenvalue weighted by atomic mass is 10.0. The van der Waals surface area contributed by atoms with Gasteiger partial charge < -0.3 is 15.1 Å². The molecule has 1 radical (unpaired) electrons. The van der Waals surface area contributed by atoms with Crippen LogP contribution in [0.25, 0.3) is 0 Å². The predicted octanol–water partition coefficient (Wildman–Crippen LogP) is 4.82. The third-order valence-electron chi connectivity index (χ3n) is 7.12. The molecule has 1 saturated carbocycles. The summed E-state index contributed by atoms with van der Waals surface area (Å²) in [4.78, 5) is 31.3. The van der Waals surface area contributed by atoms with Crippen molar-refractivity contribution in [2.75, 3.05) is 6.61 Å². The molecule has 6 nitrogen and oxygen atoms in total. The Labute approximate surface area is 221 Å². The summed E-state index contributed by atoms with van der Waals surface area (Å²) in [5.74, 6) is -0.614. The fourth-order valence-corrected chi connectivity index (χ4v) is 5.05. The van der Waals surface area contributed by atoms with Crippen LogP contribution >= 0.6 is 0 Å². The van der Waals surface area contributed by atoms with E-state index in [4.69, 9.17) is 4.84 Å². The summed E-state index contributed by atoms with van der Waals surface area (Å²) in [6.45, 7) is -0.441. The fourth-order valence-electron chi connectivity index (χ4n) is 5.05. The molecule has 1 aliphatic rings. The largest absolute Gasteiger partial charge is 0.478 e. The molecule has 5 rings (SSSR count). The van der Waals surface area contributed by atoms with Crippen molar-refractivity contribution in [2.24, 2.45) is 5.92 Å². The Morgan fingerprint density at radius 1 is 0.763 bits per heavy atom. The van der Waals surface area contributed by atoms with Crippen molar-refractivity contribution in [3.8, 4) is 0 Å². The zero-order chi connectivity index (χ0) is 26.5. The first-order valence-electron chi connectivity index (χ1n) is 12.6. The van der Waals surface area contributed by atoms with Gasteiger partial charge in [-0.05, 0) is 41.0 Å². The summed E-state index contributed by atoms with van der Waals surface area (Å²) in [5.41, 5.74) is 6.11. The normalized spacial score (nSPS) is 19.8. The molecule has 38 heavy (non-hydrogen) atoms.